The Kier molecular flexibility index (Phi) is 10.7. The van der Waals surface area contributed by atoms with Crippen LogP contribution in [0.15, 0.2) is 58.6 Å². The maximum atomic E-state index is 12.4. The fourth-order valence-electron chi connectivity index (χ4n) is 5.80. The first-order valence-electron chi connectivity index (χ1n) is 14.6. The number of fused-ring (bicyclic) bond motifs is 2. The number of aromatic nitrogens is 4. The van der Waals surface area contributed by atoms with E-state index in [9.17, 15) is 29.4 Å². The van der Waals surface area contributed by atoms with Crippen LogP contribution < -0.4 is 16.4 Å². The minimum atomic E-state index is -0.468. The number of nitrogens with zero attached hydrogens (tertiary/aromatic N) is 4. The van der Waals surface area contributed by atoms with E-state index in [1.54, 1.807) is 6.07 Å². The van der Waals surface area contributed by atoms with Gasteiger partial charge in [-0.3, -0.25) is 28.0 Å². The predicted octanol–water partition coefficient (Wildman–Crippen LogP) is 4.01. The quantitative estimate of drug-likeness (QED) is 0.219. The molecule has 1 radical (unpaired) electrons. The molecule has 0 aromatic carbocycles. The van der Waals surface area contributed by atoms with Gasteiger partial charge in [0.25, 0.3) is 17.0 Å². The molecule has 231 valence electrons. The molecule has 0 spiro atoms. The number of nitrogens with one attached hydrogen (secondary N) is 1. The Bertz CT molecular complexity index is 1600. The van der Waals surface area contributed by atoms with Crippen LogP contribution in [-0.2, 0) is 17.1 Å². The molecular formula is C31H35CuN5O6. The SMILES string of the molecule is O=C(CC1CCCCC1)c1cnc2c(O)cccn2c1=O.O=C(NC1CCCCC1)c1cnc2c(O)cccn2c1=O.[Cu]. The molecule has 2 fully saturated rings. The Morgan fingerprint density at radius 3 is 1.81 bits per heavy atom. The number of aromatic hydroxyl groups is 2. The zero-order valence-corrected chi connectivity index (χ0v) is 24.6. The van der Waals surface area contributed by atoms with E-state index in [1.165, 1.54) is 77.5 Å². The van der Waals surface area contributed by atoms with Gasteiger partial charge in [0, 0.05) is 54.3 Å². The van der Waals surface area contributed by atoms with Gasteiger partial charge in [0.1, 0.15) is 11.1 Å². The van der Waals surface area contributed by atoms with E-state index >= 15 is 0 Å². The molecule has 2 saturated carbocycles. The molecule has 6 rings (SSSR count). The van der Waals surface area contributed by atoms with Gasteiger partial charge in [-0.05, 0) is 43.0 Å². The van der Waals surface area contributed by atoms with E-state index < -0.39 is 17.0 Å². The summed E-state index contributed by atoms with van der Waals surface area (Å²) in [7, 11) is 0. The van der Waals surface area contributed by atoms with Gasteiger partial charge in [-0.15, -0.1) is 0 Å². The number of hydrogen-bond acceptors (Lipinski definition) is 8. The molecule has 2 aliphatic rings. The van der Waals surface area contributed by atoms with E-state index in [-0.39, 0.29) is 62.8 Å². The van der Waals surface area contributed by atoms with Crippen LogP contribution in [0.25, 0.3) is 11.3 Å². The third kappa shape index (κ3) is 7.32. The molecule has 11 nitrogen and oxygen atoms in total. The third-order valence-corrected chi connectivity index (χ3v) is 8.11. The van der Waals surface area contributed by atoms with E-state index in [4.69, 9.17) is 0 Å². The number of ketones is 1. The summed E-state index contributed by atoms with van der Waals surface area (Å²) >= 11 is 0. The Morgan fingerprint density at radius 1 is 0.767 bits per heavy atom. The molecule has 12 heteroatoms. The van der Waals surface area contributed by atoms with E-state index in [2.05, 4.69) is 15.3 Å². The number of rotatable bonds is 5. The second kappa shape index (κ2) is 14.4. The largest absolute Gasteiger partial charge is 0.504 e. The molecule has 2 aliphatic carbocycles. The molecular weight excluding hydrogens is 602 g/mol. The van der Waals surface area contributed by atoms with Crippen LogP contribution in [0.5, 0.6) is 11.5 Å². The summed E-state index contributed by atoms with van der Waals surface area (Å²) in [6.07, 6.45) is 17.0. The van der Waals surface area contributed by atoms with Crippen LogP contribution in [0.4, 0.5) is 0 Å². The van der Waals surface area contributed by atoms with Crippen molar-refractivity contribution in [2.24, 2.45) is 5.92 Å². The zero-order chi connectivity index (χ0) is 29.6. The van der Waals surface area contributed by atoms with Gasteiger partial charge >= 0.3 is 0 Å². The number of hydrogen-bond donors (Lipinski definition) is 3. The number of amides is 1. The summed E-state index contributed by atoms with van der Waals surface area (Å²) < 4.78 is 2.41. The summed E-state index contributed by atoms with van der Waals surface area (Å²) in [6.45, 7) is 0. The summed E-state index contributed by atoms with van der Waals surface area (Å²) in [5.74, 6) is -0.306. The number of carbonyl (C=O) groups excluding carboxylic acids is 2. The molecule has 4 heterocycles. The Labute approximate surface area is 258 Å². The summed E-state index contributed by atoms with van der Waals surface area (Å²) in [6, 6.07) is 6.14. The molecule has 3 N–H and O–H groups in total. The topological polar surface area (TPSA) is 155 Å². The van der Waals surface area contributed by atoms with Gasteiger partial charge in [-0.2, -0.15) is 0 Å². The van der Waals surface area contributed by atoms with Crippen molar-refractivity contribution >= 4 is 23.0 Å². The summed E-state index contributed by atoms with van der Waals surface area (Å²) in [4.78, 5) is 57.3. The zero-order valence-electron chi connectivity index (χ0n) is 23.7. The van der Waals surface area contributed by atoms with Gasteiger partial charge in [-0.1, -0.05) is 51.4 Å². The van der Waals surface area contributed by atoms with Crippen LogP contribution >= 0.6 is 0 Å². The minimum absolute atomic E-state index is 0. The normalized spacial score (nSPS) is 15.7. The van der Waals surface area contributed by atoms with Crippen LogP contribution in [0, 0.1) is 5.92 Å². The maximum Gasteiger partial charge on any atom is 0.270 e. The van der Waals surface area contributed by atoms with Crippen molar-refractivity contribution in [3.05, 3.63) is 80.9 Å². The number of carbonyl (C=O) groups is 2. The number of Topliss-reactive ketones (excluding diaryl/α,β-unsaturated/α-hetero) is 1. The van der Waals surface area contributed by atoms with Crippen molar-refractivity contribution in [2.45, 2.75) is 76.7 Å². The molecule has 0 atom stereocenters. The molecule has 4 aromatic heterocycles. The monoisotopic (exact) mass is 636 g/mol. The molecule has 1 amide bonds. The van der Waals surface area contributed by atoms with Gasteiger partial charge in [0.2, 0.25) is 0 Å². The van der Waals surface area contributed by atoms with E-state index in [0.29, 0.717) is 12.3 Å². The van der Waals surface area contributed by atoms with Crippen molar-refractivity contribution in [3.63, 3.8) is 0 Å². The summed E-state index contributed by atoms with van der Waals surface area (Å²) in [5.41, 5.74) is -0.429. The van der Waals surface area contributed by atoms with Crippen LogP contribution in [0.2, 0.25) is 0 Å². The molecule has 4 aromatic rings. The van der Waals surface area contributed by atoms with Gasteiger partial charge in [-0.25, -0.2) is 9.97 Å². The maximum absolute atomic E-state index is 12.4. The van der Waals surface area contributed by atoms with Crippen LogP contribution in [0.1, 0.15) is 91.3 Å². The van der Waals surface area contributed by atoms with E-state index in [0.717, 1.165) is 38.5 Å². The van der Waals surface area contributed by atoms with Crippen LogP contribution in [-0.4, -0.2) is 46.7 Å². The minimum Gasteiger partial charge on any atom is -0.504 e. The average molecular weight is 637 g/mol. The van der Waals surface area contributed by atoms with Crippen LogP contribution in [0.3, 0.4) is 0 Å². The van der Waals surface area contributed by atoms with E-state index in [1.807, 2.05) is 0 Å². The van der Waals surface area contributed by atoms with Gasteiger partial charge in [0.05, 0.1) is 0 Å². The Hall–Kier alpha value is -4.02. The molecule has 0 aliphatic heterocycles. The molecule has 43 heavy (non-hydrogen) atoms. The standard InChI is InChI=1S/C16H18N2O3.C15H17N3O3.Cu/c19-13-7-4-8-18-15(13)17-10-12(16(18)21)14(20)9-11-5-2-1-3-6-11;19-12-7-4-8-18-13(12)16-9-11(15(18)21)14(20)17-10-5-2-1-3-6-10;/h4,7-8,10-11,19H,1-3,5-6,9H2;4,7-10,19H,1-3,5-6H2,(H,17,20);. The van der Waals surface area contributed by atoms with Gasteiger partial charge in [0.15, 0.2) is 28.6 Å². The smallest absolute Gasteiger partial charge is 0.270 e. The number of pyridine rings is 2. The first kappa shape index (κ1) is 31.9. The molecule has 0 saturated heterocycles. The third-order valence-electron chi connectivity index (χ3n) is 8.11. The van der Waals surface area contributed by atoms with Crippen molar-refractivity contribution in [1.29, 1.82) is 0 Å². The van der Waals surface area contributed by atoms with Crippen molar-refractivity contribution in [3.8, 4) is 11.5 Å². The van der Waals surface area contributed by atoms with Crippen molar-refractivity contribution in [2.75, 3.05) is 0 Å². The Morgan fingerprint density at radius 2 is 1.26 bits per heavy atom. The fourth-order valence-corrected chi connectivity index (χ4v) is 5.80. The molecule has 0 bridgehead atoms. The second-order valence-electron chi connectivity index (χ2n) is 11.1. The second-order valence-corrected chi connectivity index (χ2v) is 11.1. The van der Waals surface area contributed by atoms with Gasteiger partial charge < -0.3 is 15.5 Å². The fraction of sp³-hybridized carbons (Fsp3) is 0.419. The van der Waals surface area contributed by atoms with Crippen molar-refractivity contribution < 1.29 is 36.9 Å². The summed E-state index contributed by atoms with van der Waals surface area (Å²) in [5, 5.41) is 22.2. The Balaban J connectivity index is 0.000000192. The predicted molar refractivity (Wildman–Crippen MR) is 156 cm³/mol. The first-order valence-corrected chi connectivity index (χ1v) is 14.6. The first-order chi connectivity index (χ1) is 20.3. The molecule has 0 unspecified atom stereocenters. The average Bonchev–Trinajstić information content (AvgIpc) is 3.00. The van der Waals surface area contributed by atoms with Crippen molar-refractivity contribution in [1.82, 2.24) is 24.1 Å².